The number of hydrogen-bond donors (Lipinski definition) is 4. The van der Waals surface area contributed by atoms with Crippen LogP contribution < -0.4 is 35.5 Å². The summed E-state index contributed by atoms with van der Waals surface area (Å²) in [6.45, 7) is -7.64. The molecule has 0 aliphatic carbocycles. The van der Waals surface area contributed by atoms with E-state index in [9.17, 15) is 55.1 Å². The number of thioether (sulfide) groups is 2. The van der Waals surface area contributed by atoms with Gasteiger partial charge in [0.2, 0.25) is 17.7 Å². The summed E-state index contributed by atoms with van der Waals surface area (Å²) in [7, 11) is 3.40. The summed E-state index contributed by atoms with van der Waals surface area (Å²) in [5.41, 5.74) is 3.41. The zero-order valence-electron chi connectivity index (χ0n) is 55.8. The number of ether oxygens (including phenoxy) is 3. The molecule has 0 radical (unpaired) electrons. The average molecular weight is 1510 g/mol. The topological polar surface area (TPSA) is 329 Å². The van der Waals surface area contributed by atoms with Crippen molar-refractivity contribution in [1.29, 1.82) is 0 Å². The van der Waals surface area contributed by atoms with E-state index in [0.29, 0.717) is 55.8 Å². The highest BCUT2D eigenvalue weighted by Crippen LogP contribution is 2.43. The molecule has 0 unspecified atom stereocenters. The highest BCUT2D eigenvalue weighted by molar-refractivity contribution is 7.98. The van der Waals surface area contributed by atoms with Crippen LogP contribution in [0, 0.1) is 0 Å². The molecular formula is C67H58ClF6N21O9S2. The summed E-state index contributed by atoms with van der Waals surface area (Å²) in [5, 5.41) is 37.2. The number of fused-ring (bicyclic) bond motifs is 3. The van der Waals surface area contributed by atoms with Gasteiger partial charge in [0.1, 0.15) is 69.1 Å². The molecule has 9 aromatic heterocycles. The minimum absolute atomic E-state index is 0.101. The van der Waals surface area contributed by atoms with Gasteiger partial charge in [0.05, 0.1) is 54.2 Å². The van der Waals surface area contributed by atoms with Gasteiger partial charge >= 0.3 is 19.8 Å². The first kappa shape index (κ1) is 72.3. The largest absolute Gasteiger partial charge is 0.434 e. The lowest BCUT2D eigenvalue weighted by molar-refractivity contribution is -0.130. The van der Waals surface area contributed by atoms with Crippen molar-refractivity contribution in [2.75, 3.05) is 62.2 Å². The van der Waals surface area contributed by atoms with Crippen LogP contribution in [0.25, 0.3) is 50.7 Å². The quantitative estimate of drug-likeness (QED) is 0.0407. The van der Waals surface area contributed by atoms with Crippen LogP contribution in [0.5, 0.6) is 17.2 Å². The molecule has 546 valence electrons. The van der Waals surface area contributed by atoms with Gasteiger partial charge in [0.15, 0.2) is 16.9 Å². The number of rotatable bonds is 20. The summed E-state index contributed by atoms with van der Waals surface area (Å²) in [4.78, 5) is 94.4. The predicted octanol–water partition coefficient (Wildman–Crippen LogP) is 10.3. The van der Waals surface area contributed by atoms with Crippen molar-refractivity contribution in [1.82, 2.24) is 88.3 Å². The number of alkyl halides is 6. The number of nitrogens with zero attached hydrogens (tertiary/aromatic N) is 17. The summed E-state index contributed by atoms with van der Waals surface area (Å²) < 4.78 is 102. The highest BCUT2D eigenvalue weighted by Gasteiger charge is 2.36. The normalized spacial score (nSPS) is 15.7. The number of likely N-dealkylation sites (tertiary alicyclic amines) is 2. The lowest BCUT2D eigenvalue weighted by atomic mass is 10.1. The second-order valence-electron chi connectivity index (χ2n) is 23.5. The van der Waals surface area contributed by atoms with Gasteiger partial charge in [-0.3, -0.25) is 42.8 Å². The Morgan fingerprint density at radius 1 is 0.519 bits per heavy atom. The Labute approximate surface area is 608 Å². The molecular weight excluding hydrogens is 1460 g/mol. The highest BCUT2D eigenvalue weighted by atomic mass is 35.5. The molecule has 39 heteroatoms. The van der Waals surface area contributed by atoms with E-state index in [1.807, 2.05) is 12.5 Å². The Bertz CT molecular complexity index is 5120. The van der Waals surface area contributed by atoms with Crippen LogP contribution in [0.2, 0.25) is 5.02 Å². The minimum Gasteiger partial charge on any atom is -0.434 e. The fourth-order valence-corrected chi connectivity index (χ4v) is 13.0. The van der Waals surface area contributed by atoms with Gasteiger partial charge in [-0.1, -0.05) is 11.6 Å². The van der Waals surface area contributed by atoms with Gasteiger partial charge < -0.3 is 45.3 Å². The fraction of sp³-hybridized carbons (Fsp3) is 0.239. The van der Waals surface area contributed by atoms with E-state index < -0.39 is 55.7 Å². The van der Waals surface area contributed by atoms with Gasteiger partial charge in [-0.05, 0) is 105 Å². The van der Waals surface area contributed by atoms with Crippen LogP contribution >= 0.6 is 35.1 Å². The van der Waals surface area contributed by atoms with Crippen LogP contribution in [-0.4, -0.2) is 184 Å². The third-order valence-electron chi connectivity index (χ3n) is 17.0. The third kappa shape index (κ3) is 15.3. The van der Waals surface area contributed by atoms with Crippen LogP contribution in [-0.2, 0) is 14.4 Å². The Kier molecular flexibility index (Phi) is 21.2. The monoisotopic (exact) mass is 1510 g/mol. The van der Waals surface area contributed by atoms with E-state index in [1.165, 1.54) is 125 Å². The standard InChI is InChI=1S/2C23H21F2N7O3S.C21H16ClF2N7O3/c2*1-30-9-6-17(22(30)34)32-12-16(28-21(33)15-11-27-31-8-3-7-26-20(15)31)19(29-32)14-10-13(36-2)4-5-18(14)35-23(24)25;22-11-2-3-16(34-21(23)24)12(8-11)17-14(10-31(29-17)15-4-6-26-20(15)33)28-19(32)13-9-27-30-7-1-5-25-18(13)30/h2*3-5,7-8,10-12,17,23H,6,9H2,1-2H3,(H,28,33);1-3,5,7-10,15,21H,4,6H2,(H,26,33)(H,28,32)/t2*17-;15-/m101/s1. The Hall–Kier alpha value is -12.1. The number of aromatic nitrogens is 15. The Morgan fingerprint density at radius 2 is 0.877 bits per heavy atom. The molecule has 15 rings (SSSR count). The molecule has 6 amide bonds. The van der Waals surface area contributed by atoms with Crippen molar-refractivity contribution in [3.8, 4) is 51.0 Å². The van der Waals surface area contributed by atoms with Crippen LogP contribution in [0.3, 0.4) is 0 Å². The Balaban J connectivity index is 0.000000141. The van der Waals surface area contributed by atoms with E-state index in [1.54, 1.807) is 97.3 Å². The number of carbonyl (C=O) groups excluding carboxylic acids is 6. The first-order chi connectivity index (χ1) is 51.1. The van der Waals surface area contributed by atoms with Gasteiger partial charge in [-0.2, -0.15) is 56.9 Å². The number of benzene rings is 3. The predicted molar refractivity (Wildman–Crippen MR) is 374 cm³/mol. The van der Waals surface area contributed by atoms with Crippen molar-refractivity contribution >= 4 is 105 Å². The molecule has 3 atom stereocenters. The molecule has 3 aliphatic heterocycles. The molecule has 0 spiro atoms. The molecule has 12 aromatic rings. The summed E-state index contributed by atoms with van der Waals surface area (Å²) in [5.74, 6) is -2.47. The minimum atomic E-state index is -3.09. The zero-order valence-corrected chi connectivity index (χ0v) is 58.2. The molecule has 3 fully saturated rings. The van der Waals surface area contributed by atoms with Crippen LogP contribution in [0.1, 0.15) is 68.5 Å². The van der Waals surface area contributed by atoms with E-state index in [2.05, 4.69) is 71.5 Å². The van der Waals surface area contributed by atoms with E-state index in [0.717, 1.165) is 9.79 Å². The van der Waals surface area contributed by atoms with Crippen molar-refractivity contribution in [3.63, 3.8) is 0 Å². The van der Waals surface area contributed by atoms with Gasteiger partial charge in [-0.15, -0.1) is 23.5 Å². The van der Waals surface area contributed by atoms with Gasteiger partial charge in [0, 0.05) is 102 Å². The summed E-state index contributed by atoms with van der Waals surface area (Å²) >= 11 is 8.94. The average Bonchev–Trinajstić information content (AvgIpc) is 1.61. The number of anilines is 3. The van der Waals surface area contributed by atoms with Crippen molar-refractivity contribution in [2.45, 2.75) is 67.0 Å². The van der Waals surface area contributed by atoms with Crippen molar-refractivity contribution in [2.24, 2.45) is 0 Å². The molecule has 106 heavy (non-hydrogen) atoms. The van der Waals surface area contributed by atoms with Gasteiger partial charge in [0.25, 0.3) is 17.7 Å². The molecule has 0 bridgehead atoms. The second kappa shape index (κ2) is 31.1. The molecule has 3 aromatic carbocycles. The maximum Gasteiger partial charge on any atom is 0.387 e. The second-order valence-corrected chi connectivity index (χ2v) is 25.7. The van der Waals surface area contributed by atoms with Crippen molar-refractivity contribution < 1.29 is 69.3 Å². The molecule has 4 N–H and O–H groups in total. The number of halogens is 7. The van der Waals surface area contributed by atoms with E-state index >= 15 is 0 Å². The maximum atomic E-state index is 13.2. The number of likely N-dealkylation sites (N-methyl/N-ethyl adjacent to an activating group) is 2. The lowest BCUT2D eigenvalue weighted by Crippen LogP contribution is -2.24. The van der Waals surface area contributed by atoms with Crippen molar-refractivity contribution in [3.05, 3.63) is 169 Å². The van der Waals surface area contributed by atoms with E-state index in [4.69, 9.17) is 21.1 Å². The fourth-order valence-electron chi connectivity index (χ4n) is 11.9. The Morgan fingerprint density at radius 3 is 1.21 bits per heavy atom. The molecule has 30 nitrogen and oxygen atoms in total. The number of nitrogens with one attached hydrogen (secondary N) is 4. The van der Waals surface area contributed by atoms with E-state index in [-0.39, 0.29) is 108 Å². The van der Waals surface area contributed by atoms with Crippen LogP contribution in [0.4, 0.5) is 43.4 Å². The lowest BCUT2D eigenvalue weighted by Gasteiger charge is -2.12. The SMILES string of the molecule is CSc1ccc(OC(F)F)c(-c2nn([C@@H]3CCN(C)C3=O)cc2NC(=O)c2cnn3cccnc23)c1.CSc1ccc(OC(F)F)c(-c2nn([C@H]3CCN(C)C3=O)cc2NC(=O)c2cnn3cccnc23)c1.O=C(Nc1cn([C@@H]2CCNC2=O)nc1-c1cc(Cl)ccc1OC(F)F)c1cnn2cccnc12. The number of hydrogen-bond acceptors (Lipinski definition) is 20. The summed E-state index contributed by atoms with van der Waals surface area (Å²) in [6.07, 6.45) is 23.4. The van der Waals surface area contributed by atoms with Gasteiger partial charge in [-0.25, -0.2) is 28.5 Å². The zero-order chi connectivity index (χ0) is 74.6. The maximum absolute atomic E-state index is 13.2. The molecule has 12 heterocycles. The smallest absolute Gasteiger partial charge is 0.387 e. The first-order valence-electron chi connectivity index (χ1n) is 32.0. The molecule has 3 aliphatic rings. The first-order valence-corrected chi connectivity index (χ1v) is 34.8. The third-order valence-corrected chi connectivity index (χ3v) is 18.7. The molecule has 0 saturated carbocycles. The number of amides is 6. The molecule has 3 saturated heterocycles. The summed E-state index contributed by atoms with van der Waals surface area (Å²) in [6, 6.07) is 16.8. The van der Waals surface area contributed by atoms with Crippen LogP contribution in [0.15, 0.2) is 157 Å². The number of carbonyl (C=O) groups is 6.